The molecule has 0 aliphatic carbocycles. The van der Waals surface area contributed by atoms with Crippen molar-refractivity contribution in [1.82, 2.24) is 5.32 Å². The highest BCUT2D eigenvalue weighted by atomic mass is 19.1. The maximum Gasteiger partial charge on any atom is 0.282 e. The lowest BCUT2D eigenvalue weighted by atomic mass is 9.90. The minimum Gasteiger partial charge on any atom is -0.351 e. The SMILES string of the molecule is CCC(C)(C)CNC(=O)c1cc(F)ccc1[N+](=O)[O-]. The number of halogens is 1. The van der Waals surface area contributed by atoms with Crippen LogP contribution in [-0.2, 0) is 0 Å². The number of carbonyl (C=O) groups is 1. The molecule has 0 bridgehead atoms. The summed E-state index contributed by atoms with van der Waals surface area (Å²) in [5.41, 5.74) is -0.761. The predicted octanol–water partition coefficient (Wildman–Crippen LogP) is 2.90. The van der Waals surface area contributed by atoms with E-state index in [4.69, 9.17) is 0 Å². The molecule has 5 nitrogen and oxygen atoms in total. The van der Waals surface area contributed by atoms with Crippen LogP contribution in [0.5, 0.6) is 0 Å². The normalized spacial score (nSPS) is 11.2. The summed E-state index contributed by atoms with van der Waals surface area (Å²) in [6.07, 6.45) is 0.846. The van der Waals surface area contributed by atoms with Gasteiger partial charge in [0.2, 0.25) is 0 Å². The van der Waals surface area contributed by atoms with Gasteiger partial charge in [0.1, 0.15) is 11.4 Å². The quantitative estimate of drug-likeness (QED) is 0.659. The van der Waals surface area contributed by atoms with E-state index in [1.54, 1.807) is 0 Å². The summed E-state index contributed by atoms with van der Waals surface area (Å²) < 4.78 is 13.1. The predicted molar refractivity (Wildman–Crippen MR) is 69.5 cm³/mol. The van der Waals surface area contributed by atoms with Gasteiger partial charge < -0.3 is 5.32 Å². The van der Waals surface area contributed by atoms with Crippen molar-refractivity contribution >= 4 is 11.6 Å². The van der Waals surface area contributed by atoms with E-state index >= 15 is 0 Å². The molecule has 1 N–H and O–H groups in total. The summed E-state index contributed by atoms with van der Waals surface area (Å²) in [6.45, 7) is 6.29. The van der Waals surface area contributed by atoms with Crippen LogP contribution < -0.4 is 5.32 Å². The van der Waals surface area contributed by atoms with E-state index in [9.17, 15) is 19.3 Å². The van der Waals surface area contributed by atoms with E-state index in [1.165, 1.54) is 0 Å². The molecule has 0 spiro atoms. The molecule has 1 aromatic carbocycles. The molecule has 0 aliphatic heterocycles. The van der Waals surface area contributed by atoms with Crippen molar-refractivity contribution in [2.45, 2.75) is 27.2 Å². The molecule has 0 radical (unpaired) electrons. The summed E-state index contributed by atoms with van der Waals surface area (Å²) in [7, 11) is 0. The number of nitro benzene ring substituents is 1. The van der Waals surface area contributed by atoms with Crippen molar-refractivity contribution in [3.8, 4) is 0 Å². The average molecular weight is 268 g/mol. The van der Waals surface area contributed by atoms with Gasteiger partial charge in [0.25, 0.3) is 11.6 Å². The average Bonchev–Trinajstić information content (AvgIpc) is 2.35. The van der Waals surface area contributed by atoms with Gasteiger partial charge in [-0.25, -0.2) is 4.39 Å². The number of nitro groups is 1. The molecule has 0 unspecified atom stereocenters. The fraction of sp³-hybridized carbons (Fsp3) is 0.462. The van der Waals surface area contributed by atoms with Crippen molar-refractivity contribution in [3.63, 3.8) is 0 Å². The first-order valence-corrected chi connectivity index (χ1v) is 5.99. The van der Waals surface area contributed by atoms with Crippen LogP contribution in [0.1, 0.15) is 37.6 Å². The lowest BCUT2D eigenvalue weighted by Crippen LogP contribution is -2.34. The Morgan fingerprint density at radius 1 is 1.47 bits per heavy atom. The van der Waals surface area contributed by atoms with Crippen LogP contribution in [0.2, 0.25) is 0 Å². The number of rotatable bonds is 5. The monoisotopic (exact) mass is 268 g/mol. The fourth-order valence-corrected chi connectivity index (χ4v) is 1.39. The van der Waals surface area contributed by atoms with Crippen molar-refractivity contribution < 1.29 is 14.1 Å². The van der Waals surface area contributed by atoms with E-state index in [0.29, 0.717) is 6.54 Å². The molecular weight excluding hydrogens is 251 g/mol. The zero-order valence-corrected chi connectivity index (χ0v) is 11.2. The Bertz CT molecular complexity index is 501. The number of carbonyl (C=O) groups excluding carboxylic acids is 1. The second-order valence-corrected chi connectivity index (χ2v) is 5.12. The van der Waals surface area contributed by atoms with Gasteiger partial charge in [0, 0.05) is 12.6 Å². The zero-order valence-electron chi connectivity index (χ0n) is 11.2. The highest BCUT2D eigenvalue weighted by Crippen LogP contribution is 2.21. The Morgan fingerprint density at radius 3 is 2.63 bits per heavy atom. The van der Waals surface area contributed by atoms with E-state index in [0.717, 1.165) is 24.6 Å². The third-order valence-corrected chi connectivity index (χ3v) is 3.08. The number of hydrogen-bond donors (Lipinski definition) is 1. The molecule has 104 valence electrons. The summed E-state index contributed by atoms with van der Waals surface area (Å²) in [6, 6.07) is 2.84. The first kappa shape index (κ1) is 15.1. The molecule has 0 saturated carbocycles. The molecular formula is C13H17FN2O3. The summed E-state index contributed by atoms with van der Waals surface area (Å²) >= 11 is 0. The van der Waals surface area contributed by atoms with Gasteiger partial charge in [-0.2, -0.15) is 0 Å². The standard InChI is InChI=1S/C13H17FN2O3/c1-4-13(2,3)8-15-12(17)10-7-9(14)5-6-11(10)16(18)19/h5-7H,4,8H2,1-3H3,(H,15,17). The van der Waals surface area contributed by atoms with E-state index in [1.807, 2.05) is 20.8 Å². The maximum absolute atomic E-state index is 13.1. The molecule has 0 aromatic heterocycles. The van der Waals surface area contributed by atoms with Crippen LogP contribution in [0.15, 0.2) is 18.2 Å². The van der Waals surface area contributed by atoms with Gasteiger partial charge in [-0.3, -0.25) is 14.9 Å². The summed E-state index contributed by atoms with van der Waals surface area (Å²) in [5, 5.41) is 13.4. The van der Waals surface area contributed by atoms with E-state index in [-0.39, 0.29) is 11.0 Å². The largest absolute Gasteiger partial charge is 0.351 e. The van der Waals surface area contributed by atoms with Crippen molar-refractivity contribution in [2.75, 3.05) is 6.54 Å². The highest BCUT2D eigenvalue weighted by Gasteiger charge is 2.23. The molecule has 0 atom stereocenters. The van der Waals surface area contributed by atoms with Gasteiger partial charge >= 0.3 is 0 Å². The molecule has 0 saturated heterocycles. The Kier molecular flexibility index (Phi) is 4.58. The summed E-state index contributed by atoms with van der Waals surface area (Å²) in [4.78, 5) is 22.0. The highest BCUT2D eigenvalue weighted by molar-refractivity contribution is 5.98. The van der Waals surface area contributed by atoms with Crippen LogP contribution in [0.3, 0.4) is 0 Å². The number of nitrogens with one attached hydrogen (secondary N) is 1. The second-order valence-electron chi connectivity index (χ2n) is 5.12. The number of benzene rings is 1. The van der Waals surface area contributed by atoms with E-state index < -0.39 is 22.3 Å². The Labute approximate surface area is 111 Å². The molecule has 0 heterocycles. The smallest absolute Gasteiger partial charge is 0.282 e. The van der Waals surface area contributed by atoms with Gasteiger partial charge in [-0.1, -0.05) is 20.8 Å². The topological polar surface area (TPSA) is 72.2 Å². The van der Waals surface area contributed by atoms with Crippen LogP contribution in [0, 0.1) is 21.3 Å². The Hall–Kier alpha value is -1.98. The first-order chi connectivity index (χ1) is 8.76. The van der Waals surface area contributed by atoms with Crippen molar-refractivity contribution in [1.29, 1.82) is 0 Å². The number of hydrogen-bond acceptors (Lipinski definition) is 3. The minimum absolute atomic E-state index is 0.113. The lowest BCUT2D eigenvalue weighted by molar-refractivity contribution is -0.385. The molecule has 1 amide bonds. The number of amides is 1. The van der Waals surface area contributed by atoms with Crippen LogP contribution in [0.25, 0.3) is 0 Å². The van der Waals surface area contributed by atoms with Crippen LogP contribution in [-0.4, -0.2) is 17.4 Å². The van der Waals surface area contributed by atoms with Gasteiger partial charge in [0.05, 0.1) is 4.92 Å². The molecule has 1 rings (SSSR count). The first-order valence-electron chi connectivity index (χ1n) is 5.99. The molecule has 6 heteroatoms. The molecule has 0 aliphatic rings. The molecule has 19 heavy (non-hydrogen) atoms. The Morgan fingerprint density at radius 2 is 2.11 bits per heavy atom. The van der Waals surface area contributed by atoms with Gasteiger partial charge in [-0.05, 0) is 24.0 Å². The third kappa shape index (κ3) is 4.01. The van der Waals surface area contributed by atoms with Gasteiger partial charge in [-0.15, -0.1) is 0 Å². The van der Waals surface area contributed by atoms with Crippen LogP contribution >= 0.6 is 0 Å². The lowest BCUT2D eigenvalue weighted by Gasteiger charge is -2.22. The second kappa shape index (κ2) is 5.77. The molecule has 1 aromatic rings. The zero-order chi connectivity index (χ0) is 14.6. The summed E-state index contributed by atoms with van der Waals surface area (Å²) in [5.74, 6) is -1.31. The third-order valence-electron chi connectivity index (χ3n) is 3.08. The van der Waals surface area contributed by atoms with Crippen molar-refractivity contribution in [3.05, 3.63) is 39.7 Å². The van der Waals surface area contributed by atoms with Gasteiger partial charge in [0.15, 0.2) is 0 Å². The van der Waals surface area contributed by atoms with Crippen LogP contribution in [0.4, 0.5) is 10.1 Å². The molecule has 0 fully saturated rings. The minimum atomic E-state index is -0.695. The van der Waals surface area contributed by atoms with Crippen molar-refractivity contribution in [2.24, 2.45) is 5.41 Å². The maximum atomic E-state index is 13.1. The fourth-order valence-electron chi connectivity index (χ4n) is 1.39. The van der Waals surface area contributed by atoms with E-state index in [2.05, 4.69) is 5.32 Å². The number of nitrogens with zero attached hydrogens (tertiary/aromatic N) is 1. The Balaban J connectivity index is 2.93.